The van der Waals surface area contributed by atoms with Crippen molar-refractivity contribution in [1.82, 2.24) is 0 Å². The normalized spacial score (nSPS) is 10.6. The van der Waals surface area contributed by atoms with Crippen LogP contribution in [0.3, 0.4) is 0 Å². The lowest BCUT2D eigenvalue weighted by Gasteiger charge is -2.07. The van der Waals surface area contributed by atoms with E-state index in [9.17, 15) is 4.79 Å². The number of hydrogen-bond donors (Lipinski definition) is 0. The number of fused-ring (bicyclic) bond motifs is 1. The van der Waals surface area contributed by atoms with Crippen molar-refractivity contribution in [3.63, 3.8) is 0 Å². The third kappa shape index (κ3) is 3.58. The van der Waals surface area contributed by atoms with Gasteiger partial charge in [0.05, 0.1) is 6.61 Å². The van der Waals surface area contributed by atoms with Crippen molar-refractivity contribution < 1.29 is 9.15 Å². The Bertz CT molecular complexity index is 661. The van der Waals surface area contributed by atoms with E-state index in [2.05, 4.69) is 0 Å². The van der Waals surface area contributed by atoms with E-state index in [1.165, 1.54) is 17.8 Å². The number of benzene rings is 1. The number of aryl methyl sites for hydroxylation is 1. The highest BCUT2D eigenvalue weighted by atomic mass is 32.2. The predicted octanol–water partition coefficient (Wildman–Crippen LogP) is 3.66. The van der Waals surface area contributed by atoms with Gasteiger partial charge in [0, 0.05) is 17.2 Å². The second-order valence-corrected chi connectivity index (χ2v) is 5.64. The van der Waals surface area contributed by atoms with Crippen LogP contribution in [0.25, 0.3) is 11.0 Å². The first-order chi connectivity index (χ1) is 9.10. The molecule has 0 fully saturated rings. The summed E-state index contributed by atoms with van der Waals surface area (Å²) in [5.74, 6) is 0.602. The molecular formula is C14H14O3S2. The highest BCUT2D eigenvalue weighted by molar-refractivity contribution is 8.22. The number of hydrogen-bond acceptors (Lipinski definition) is 5. The smallest absolute Gasteiger partial charge is 0.336 e. The largest absolute Gasteiger partial charge is 0.479 e. The zero-order chi connectivity index (χ0) is 13.8. The van der Waals surface area contributed by atoms with Crippen molar-refractivity contribution in [2.24, 2.45) is 0 Å². The Labute approximate surface area is 120 Å². The van der Waals surface area contributed by atoms with Crippen molar-refractivity contribution in [3.8, 4) is 0 Å². The molecule has 0 N–H and O–H groups in total. The highest BCUT2D eigenvalue weighted by Crippen LogP contribution is 2.23. The third-order valence-electron chi connectivity index (χ3n) is 2.59. The van der Waals surface area contributed by atoms with Gasteiger partial charge in [0.15, 0.2) is 0 Å². The molecule has 0 saturated carbocycles. The van der Waals surface area contributed by atoms with E-state index in [-0.39, 0.29) is 5.63 Å². The van der Waals surface area contributed by atoms with Crippen molar-refractivity contribution in [2.45, 2.75) is 19.6 Å². The van der Waals surface area contributed by atoms with Gasteiger partial charge in [-0.2, -0.15) is 0 Å². The van der Waals surface area contributed by atoms with Gasteiger partial charge in [0.1, 0.15) is 5.58 Å². The fraction of sp³-hybridized carbons (Fsp3) is 0.286. The molecule has 5 heteroatoms. The Kier molecular flexibility index (Phi) is 4.61. The molecule has 1 aromatic carbocycles. The zero-order valence-corrected chi connectivity index (χ0v) is 12.4. The maximum absolute atomic E-state index is 11.5. The molecule has 19 heavy (non-hydrogen) atoms. The van der Waals surface area contributed by atoms with Gasteiger partial charge in [-0.1, -0.05) is 23.4 Å². The van der Waals surface area contributed by atoms with Gasteiger partial charge < -0.3 is 9.15 Å². The van der Waals surface area contributed by atoms with E-state index < -0.39 is 0 Å². The minimum atomic E-state index is -0.339. The van der Waals surface area contributed by atoms with Crippen molar-refractivity contribution in [2.75, 3.05) is 6.61 Å². The quantitative estimate of drug-likeness (QED) is 0.638. The minimum absolute atomic E-state index is 0.339. The van der Waals surface area contributed by atoms with Gasteiger partial charge >= 0.3 is 5.63 Å². The van der Waals surface area contributed by atoms with Gasteiger partial charge in [-0.25, -0.2) is 4.79 Å². The summed E-state index contributed by atoms with van der Waals surface area (Å²) in [6, 6.07) is 7.27. The van der Waals surface area contributed by atoms with Crippen LogP contribution in [-0.2, 0) is 10.5 Å². The molecule has 0 aliphatic rings. The summed E-state index contributed by atoms with van der Waals surface area (Å²) in [6.45, 7) is 4.46. The summed E-state index contributed by atoms with van der Waals surface area (Å²) in [6.07, 6.45) is 0. The number of thioether (sulfide) groups is 1. The van der Waals surface area contributed by atoms with Crippen LogP contribution in [0.5, 0.6) is 0 Å². The average Bonchev–Trinajstić information content (AvgIpc) is 2.37. The lowest BCUT2D eigenvalue weighted by molar-refractivity contribution is 0.346. The topological polar surface area (TPSA) is 39.4 Å². The Hall–Kier alpha value is -1.33. The molecular weight excluding hydrogens is 280 g/mol. The molecule has 0 bridgehead atoms. The molecule has 0 aliphatic carbocycles. The van der Waals surface area contributed by atoms with Gasteiger partial charge in [-0.3, -0.25) is 0 Å². The highest BCUT2D eigenvalue weighted by Gasteiger charge is 2.07. The maximum atomic E-state index is 11.5. The Morgan fingerprint density at radius 1 is 1.42 bits per heavy atom. The van der Waals surface area contributed by atoms with Crippen molar-refractivity contribution in [1.29, 1.82) is 0 Å². The number of ether oxygens (including phenoxy) is 1. The van der Waals surface area contributed by atoms with Crippen LogP contribution in [0.15, 0.2) is 33.5 Å². The molecule has 2 aromatic rings. The molecule has 0 atom stereocenters. The van der Waals surface area contributed by atoms with E-state index in [0.29, 0.717) is 22.3 Å². The molecule has 0 aliphatic heterocycles. The molecule has 1 heterocycles. The van der Waals surface area contributed by atoms with E-state index >= 15 is 0 Å². The second-order valence-electron chi connectivity index (χ2n) is 4.06. The number of thiocarbonyl (C=S) groups is 1. The monoisotopic (exact) mass is 294 g/mol. The lowest BCUT2D eigenvalue weighted by Crippen LogP contribution is -2.02. The molecule has 100 valence electrons. The molecule has 0 spiro atoms. The van der Waals surface area contributed by atoms with Crippen LogP contribution < -0.4 is 5.63 Å². The predicted molar refractivity (Wildman–Crippen MR) is 82.7 cm³/mol. The van der Waals surface area contributed by atoms with Crippen molar-refractivity contribution in [3.05, 3.63) is 45.8 Å². The lowest BCUT2D eigenvalue weighted by atomic mass is 10.1. The first-order valence-corrected chi connectivity index (χ1v) is 7.32. The van der Waals surface area contributed by atoms with E-state index in [1.54, 1.807) is 0 Å². The Balaban J connectivity index is 2.33. The molecule has 2 rings (SSSR count). The van der Waals surface area contributed by atoms with Crippen LogP contribution in [0.1, 0.15) is 18.1 Å². The number of rotatable bonds is 3. The SMILES string of the molecule is CCOC(=S)SCc1cc(=O)oc2ccc(C)cc12. The van der Waals surface area contributed by atoms with Crippen LogP contribution in [0.2, 0.25) is 0 Å². The summed E-state index contributed by atoms with van der Waals surface area (Å²) < 4.78 is 10.9. The first-order valence-electron chi connectivity index (χ1n) is 5.93. The van der Waals surface area contributed by atoms with E-state index in [1.807, 2.05) is 32.0 Å². The first kappa shape index (κ1) is 14.1. The fourth-order valence-corrected chi connectivity index (χ4v) is 2.77. The molecule has 0 radical (unpaired) electrons. The Morgan fingerprint density at radius 2 is 2.21 bits per heavy atom. The molecule has 3 nitrogen and oxygen atoms in total. The third-order valence-corrected chi connectivity index (χ3v) is 3.87. The summed E-state index contributed by atoms with van der Waals surface area (Å²) in [4.78, 5) is 11.5. The van der Waals surface area contributed by atoms with Gasteiger partial charge in [-0.05, 0) is 43.8 Å². The average molecular weight is 294 g/mol. The fourth-order valence-electron chi connectivity index (χ4n) is 1.76. The maximum Gasteiger partial charge on any atom is 0.336 e. The van der Waals surface area contributed by atoms with Crippen LogP contribution >= 0.6 is 24.0 Å². The van der Waals surface area contributed by atoms with E-state index in [4.69, 9.17) is 21.4 Å². The van der Waals surface area contributed by atoms with Crippen LogP contribution in [0, 0.1) is 6.92 Å². The summed E-state index contributed by atoms with van der Waals surface area (Å²) >= 11 is 6.49. The van der Waals surface area contributed by atoms with Crippen molar-refractivity contribution >= 4 is 39.3 Å². The van der Waals surface area contributed by atoms with Crippen LogP contribution in [-0.4, -0.2) is 11.0 Å². The van der Waals surface area contributed by atoms with Gasteiger partial charge in [0.2, 0.25) is 4.38 Å². The summed E-state index contributed by atoms with van der Waals surface area (Å²) in [5.41, 5.74) is 2.31. The summed E-state index contributed by atoms with van der Waals surface area (Å²) in [7, 11) is 0. The molecule has 0 saturated heterocycles. The van der Waals surface area contributed by atoms with E-state index in [0.717, 1.165) is 16.5 Å². The summed E-state index contributed by atoms with van der Waals surface area (Å²) in [5, 5.41) is 0.950. The zero-order valence-electron chi connectivity index (χ0n) is 10.8. The standard InChI is InChI=1S/C14H14O3S2/c1-3-16-14(18)19-8-10-7-13(15)17-12-5-4-9(2)6-11(10)12/h4-7H,3,8H2,1-2H3. The minimum Gasteiger partial charge on any atom is -0.479 e. The molecule has 0 unspecified atom stereocenters. The van der Waals surface area contributed by atoms with Gasteiger partial charge in [-0.15, -0.1) is 0 Å². The molecule has 1 aromatic heterocycles. The Morgan fingerprint density at radius 3 is 2.95 bits per heavy atom. The molecule has 0 amide bonds. The van der Waals surface area contributed by atoms with Crippen LogP contribution in [0.4, 0.5) is 0 Å². The van der Waals surface area contributed by atoms with Gasteiger partial charge in [0.25, 0.3) is 0 Å². The second kappa shape index (κ2) is 6.21.